The Hall–Kier alpha value is -2.45. The standard InChI is InChI=1S/C23H33NO7/c1-30-21-9-6-7-10-22(21)31-15-16(25)12-13-17-18(20(26)14-19(17)24-29)8-4-2-3-5-11-23(27)28/h2,4,6-7,9-10,16-20,25-26H,3,5,8,11-15H2,1H3,(H,27,28)/t16-,17-,18-,19?,20+/m1/s1. The van der Waals surface area contributed by atoms with E-state index in [-0.39, 0.29) is 24.9 Å². The number of carboxylic acid groups (broad SMARTS) is 1. The Morgan fingerprint density at radius 1 is 1.26 bits per heavy atom. The summed E-state index contributed by atoms with van der Waals surface area (Å²) in [5, 5.41) is 32.6. The molecule has 172 valence electrons. The number of para-hydroxylation sites is 2. The minimum Gasteiger partial charge on any atom is -0.493 e. The van der Waals surface area contributed by atoms with Gasteiger partial charge in [0.25, 0.3) is 0 Å². The number of rotatable bonds is 14. The van der Waals surface area contributed by atoms with Gasteiger partial charge in [-0.25, -0.2) is 0 Å². The van der Waals surface area contributed by atoms with Gasteiger partial charge in [-0.15, -0.1) is 0 Å². The predicted molar refractivity (Wildman–Crippen MR) is 116 cm³/mol. The maximum absolute atomic E-state index is 11.3. The summed E-state index contributed by atoms with van der Waals surface area (Å²) >= 11 is 0. The van der Waals surface area contributed by atoms with E-state index in [1.165, 1.54) is 0 Å². The van der Waals surface area contributed by atoms with E-state index in [1.54, 1.807) is 19.2 Å². The fourth-order valence-electron chi connectivity index (χ4n) is 4.16. The average molecular weight is 436 g/mol. The molecule has 2 rings (SSSR count). The van der Waals surface area contributed by atoms with Gasteiger partial charge < -0.3 is 24.8 Å². The lowest BCUT2D eigenvalue weighted by Crippen LogP contribution is -2.25. The molecule has 0 amide bonds. The van der Waals surface area contributed by atoms with Gasteiger partial charge in [0.2, 0.25) is 0 Å². The quantitative estimate of drug-likeness (QED) is 0.232. The van der Waals surface area contributed by atoms with Gasteiger partial charge in [0, 0.05) is 6.42 Å². The van der Waals surface area contributed by atoms with Gasteiger partial charge in [-0.1, -0.05) is 29.5 Å². The number of aliphatic carboxylic acids is 1. The van der Waals surface area contributed by atoms with Crippen LogP contribution in [0.25, 0.3) is 0 Å². The molecule has 1 aliphatic rings. The highest BCUT2D eigenvalue weighted by Gasteiger charge is 2.42. The molecule has 1 unspecified atom stereocenters. The molecular weight excluding hydrogens is 402 g/mol. The molecule has 0 heterocycles. The van der Waals surface area contributed by atoms with Crippen molar-refractivity contribution in [1.29, 1.82) is 0 Å². The van der Waals surface area contributed by atoms with Crippen LogP contribution in [0.1, 0.15) is 44.9 Å². The number of ether oxygens (including phenoxy) is 2. The number of hydrogen-bond donors (Lipinski definition) is 3. The van der Waals surface area contributed by atoms with Crippen molar-refractivity contribution in [3.05, 3.63) is 41.3 Å². The number of aliphatic hydroxyl groups is 2. The van der Waals surface area contributed by atoms with E-state index in [0.717, 1.165) is 0 Å². The zero-order valence-corrected chi connectivity index (χ0v) is 17.9. The van der Waals surface area contributed by atoms with Gasteiger partial charge in [0.05, 0.1) is 25.4 Å². The van der Waals surface area contributed by atoms with Gasteiger partial charge >= 0.3 is 5.97 Å². The minimum absolute atomic E-state index is 0.100. The molecule has 1 aliphatic carbocycles. The molecule has 5 atom stereocenters. The Kier molecular flexibility index (Phi) is 10.5. The SMILES string of the molecule is COc1ccccc1OC[C@H](O)CC[C@H]1C(N=O)C[C@H](O)[C@@H]1CC=CCCCC(=O)O. The van der Waals surface area contributed by atoms with Gasteiger partial charge in [0.15, 0.2) is 11.5 Å². The second kappa shape index (κ2) is 13.1. The van der Waals surface area contributed by atoms with E-state index < -0.39 is 24.2 Å². The van der Waals surface area contributed by atoms with E-state index in [4.69, 9.17) is 14.6 Å². The summed E-state index contributed by atoms with van der Waals surface area (Å²) in [6, 6.07) is 6.74. The van der Waals surface area contributed by atoms with Gasteiger partial charge in [-0.3, -0.25) is 4.79 Å². The van der Waals surface area contributed by atoms with Crippen LogP contribution in [0.15, 0.2) is 41.6 Å². The Morgan fingerprint density at radius 3 is 2.68 bits per heavy atom. The van der Waals surface area contributed by atoms with Crippen molar-refractivity contribution in [2.75, 3.05) is 13.7 Å². The maximum Gasteiger partial charge on any atom is 0.303 e. The first kappa shape index (κ1) is 24.8. The molecule has 1 saturated carbocycles. The van der Waals surface area contributed by atoms with Gasteiger partial charge in [0.1, 0.15) is 6.61 Å². The second-order valence-electron chi connectivity index (χ2n) is 7.99. The Labute approximate surface area is 182 Å². The number of hydrogen-bond acceptors (Lipinski definition) is 7. The summed E-state index contributed by atoms with van der Waals surface area (Å²) in [6.07, 6.45) is 5.80. The summed E-state index contributed by atoms with van der Waals surface area (Å²) in [5.74, 6) is 0.110. The van der Waals surface area contributed by atoms with Crippen molar-refractivity contribution < 1.29 is 29.6 Å². The third-order valence-corrected chi connectivity index (χ3v) is 5.83. The Bertz CT molecular complexity index is 724. The third kappa shape index (κ3) is 7.95. The largest absolute Gasteiger partial charge is 0.493 e. The lowest BCUT2D eigenvalue weighted by molar-refractivity contribution is -0.137. The van der Waals surface area contributed by atoms with E-state index >= 15 is 0 Å². The number of nitroso groups, excluding NO2 is 1. The number of benzene rings is 1. The Balaban J connectivity index is 1.83. The molecular formula is C23H33NO7. The van der Waals surface area contributed by atoms with Crippen LogP contribution in [0.5, 0.6) is 11.5 Å². The molecule has 0 saturated heterocycles. The van der Waals surface area contributed by atoms with Gasteiger partial charge in [-0.05, 0) is 62.5 Å². The van der Waals surface area contributed by atoms with Crippen LogP contribution < -0.4 is 9.47 Å². The van der Waals surface area contributed by atoms with Gasteiger partial charge in [-0.2, -0.15) is 4.91 Å². The smallest absolute Gasteiger partial charge is 0.303 e. The molecule has 0 radical (unpaired) electrons. The highest BCUT2D eigenvalue weighted by atomic mass is 16.5. The first-order chi connectivity index (χ1) is 15.0. The summed E-state index contributed by atoms with van der Waals surface area (Å²) in [7, 11) is 1.55. The molecule has 31 heavy (non-hydrogen) atoms. The molecule has 0 bridgehead atoms. The van der Waals surface area contributed by atoms with E-state index in [1.807, 2.05) is 24.3 Å². The van der Waals surface area contributed by atoms with Crippen molar-refractivity contribution in [3.63, 3.8) is 0 Å². The topological polar surface area (TPSA) is 126 Å². The number of aliphatic hydroxyl groups excluding tert-OH is 2. The van der Waals surface area contributed by atoms with Crippen LogP contribution in [-0.2, 0) is 4.79 Å². The van der Waals surface area contributed by atoms with Crippen molar-refractivity contribution in [2.45, 2.75) is 63.2 Å². The lowest BCUT2D eigenvalue weighted by Gasteiger charge is -2.23. The maximum atomic E-state index is 11.3. The molecule has 1 aromatic rings. The minimum atomic E-state index is -0.812. The van der Waals surface area contributed by atoms with Crippen LogP contribution in [0.4, 0.5) is 0 Å². The predicted octanol–water partition coefficient (Wildman–Crippen LogP) is 3.55. The summed E-state index contributed by atoms with van der Waals surface area (Å²) in [5.41, 5.74) is 0. The van der Waals surface area contributed by atoms with Crippen LogP contribution in [0.2, 0.25) is 0 Å². The van der Waals surface area contributed by atoms with E-state index in [9.17, 15) is 19.9 Å². The van der Waals surface area contributed by atoms with Crippen LogP contribution in [0.3, 0.4) is 0 Å². The van der Waals surface area contributed by atoms with Crippen molar-refractivity contribution >= 4 is 5.97 Å². The lowest BCUT2D eigenvalue weighted by atomic mass is 9.85. The van der Waals surface area contributed by atoms with Crippen molar-refractivity contribution in [2.24, 2.45) is 17.0 Å². The first-order valence-electron chi connectivity index (χ1n) is 10.8. The van der Waals surface area contributed by atoms with Crippen molar-refractivity contribution in [1.82, 2.24) is 0 Å². The summed E-state index contributed by atoms with van der Waals surface area (Å²) < 4.78 is 10.9. The van der Waals surface area contributed by atoms with Crippen LogP contribution in [-0.4, -0.2) is 53.3 Å². The molecule has 0 spiro atoms. The molecule has 1 fully saturated rings. The zero-order valence-electron chi connectivity index (χ0n) is 17.9. The van der Waals surface area contributed by atoms with E-state index in [0.29, 0.717) is 50.0 Å². The highest BCUT2D eigenvalue weighted by Crippen LogP contribution is 2.40. The van der Waals surface area contributed by atoms with Crippen LogP contribution >= 0.6 is 0 Å². The monoisotopic (exact) mass is 435 g/mol. The number of carbonyl (C=O) groups is 1. The summed E-state index contributed by atoms with van der Waals surface area (Å²) in [4.78, 5) is 21.8. The Morgan fingerprint density at radius 2 is 2.00 bits per heavy atom. The average Bonchev–Trinajstić information content (AvgIpc) is 3.07. The number of carboxylic acids is 1. The molecule has 1 aromatic carbocycles. The fraction of sp³-hybridized carbons (Fsp3) is 0.609. The first-order valence-corrected chi connectivity index (χ1v) is 10.8. The summed E-state index contributed by atoms with van der Waals surface area (Å²) in [6.45, 7) is 0.100. The number of unbranched alkanes of at least 4 members (excludes halogenated alkanes) is 1. The molecule has 3 N–H and O–H groups in total. The second-order valence-corrected chi connectivity index (χ2v) is 7.99. The molecule has 0 aromatic heterocycles. The molecule has 0 aliphatic heterocycles. The number of nitrogens with zero attached hydrogens (tertiary/aromatic N) is 1. The third-order valence-electron chi connectivity index (χ3n) is 5.83. The number of allylic oxidation sites excluding steroid dienone is 2. The van der Waals surface area contributed by atoms with Crippen LogP contribution in [0, 0.1) is 16.7 Å². The zero-order chi connectivity index (χ0) is 22.6. The fourth-order valence-corrected chi connectivity index (χ4v) is 4.16. The van der Waals surface area contributed by atoms with E-state index in [2.05, 4.69) is 5.18 Å². The molecule has 8 nitrogen and oxygen atoms in total. The normalized spacial score (nSPS) is 24.2. The number of methoxy groups -OCH3 is 1. The van der Waals surface area contributed by atoms with Crippen molar-refractivity contribution in [3.8, 4) is 11.5 Å². The highest BCUT2D eigenvalue weighted by molar-refractivity contribution is 5.66. The molecule has 8 heteroatoms.